The second-order valence-corrected chi connectivity index (χ2v) is 35.8. The molecule has 5 fully saturated rings. The van der Waals surface area contributed by atoms with Crippen molar-refractivity contribution in [3.63, 3.8) is 0 Å². The number of carboxylic acid groups (broad SMARTS) is 2. The van der Waals surface area contributed by atoms with E-state index in [1.807, 2.05) is 92.6 Å². The highest BCUT2D eigenvalue weighted by Crippen LogP contribution is 2.31. The molecule has 2 aromatic carbocycles. The normalized spacial score (nSPS) is 18.5. The molecule has 7 heterocycles. The average molecular weight is 1860 g/mol. The lowest BCUT2D eigenvalue weighted by Gasteiger charge is -2.23. The Morgan fingerprint density at radius 3 is 1.05 bits per heavy atom. The Kier molecular flexibility index (Phi) is 49.6. The smallest absolute Gasteiger partial charge is 0.408 e. The van der Waals surface area contributed by atoms with Crippen LogP contribution in [0.1, 0.15) is 207 Å². The van der Waals surface area contributed by atoms with Gasteiger partial charge < -0.3 is 117 Å². The number of amides is 9. The molecule has 132 heavy (non-hydrogen) atoms. The number of esters is 5. The molecular weight excluding hydrogens is 1720 g/mol. The fraction of sp³-hybridized carbons (Fsp3) is 0.641. The standard InChI is InChI=1S/C25H33N3O6.C15H26N2O4.C14H25N3O4.C13H22N2O5.C10H9NO3.C8H14N2O3.C7H14O2/c1-14(2)10-16(12-21(29)19-13-17-18(27-19)6-5-7-22(17)33-3)24(31)28-20(25(32)34-4)11-15-8-9-26-23(15)30;1-9(2)7-10(3)13(18)17-12(15(20)21-4)8-11-5-6-16-14(11)19;1-8(2)6-10(15)13(19)17-11(14(20)21-3)7-9-4-5-16-12(9)18;1-13(2,3)20-12(18)15-9(11(17)19-4)7-8-5-6-14-10(8)16;1-14-9-4-2-3-7-6(9)5-8(11-7)10(12)13;1-13-8(12)6(9)4-5-2-3-10-7(5)11;1-5(2)4-6(3)7(8)9/h5-7,13-16,20,27H,8-12H2,1-4H3,(H,26,30)(H,28,31);9-12H,5-8H2,1-4H3,(H,16,19)(H,17,18);8-11H,4-7,15H2,1-3H3,(H,16,18)(H,17,19);8-9H,5-7H2,1-4H3,(H,14,16)(H,15,18);2-5,11H,1H3,(H,12,13);5-6H,2-4,9H2,1H3,(H,10,11);5-6H,4H2,1-3H3,(H,8,9)/t15-,16+,20-;10-,11-,12-;9-,10-,11-;8-,9-;;5-,6-;6-/m0000.00/s1. The van der Waals surface area contributed by atoms with Gasteiger partial charge in [-0.3, -0.25) is 52.7 Å². The molecule has 0 aliphatic carbocycles. The molecule has 2 aromatic heterocycles. The van der Waals surface area contributed by atoms with Gasteiger partial charge in [0, 0.05) is 102 Å². The van der Waals surface area contributed by atoms with Crippen molar-refractivity contribution in [3.8, 4) is 11.5 Å². The van der Waals surface area contributed by atoms with E-state index >= 15 is 0 Å². The van der Waals surface area contributed by atoms with Crippen LogP contribution in [0.4, 0.5) is 4.79 Å². The number of aromatic carboxylic acids is 1. The monoisotopic (exact) mass is 1860 g/mol. The molecule has 738 valence electrons. The van der Waals surface area contributed by atoms with Crippen molar-refractivity contribution in [2.75, 3.05) is 82.5 Å². The van der Waals surface area contributed by atoms with Crippen LogP contribution in [0.15, 0.2) is 48.5 Å². The number of nitrogens with two attached hydrogens (primary N) is 2. The van der Waals surface area contributed by atoms with Crippen LogP contribution in [0.2, 0.25) is 0 Å². The van der Waals surface area contributed by atoms with E-state index in [0.717, 1.165) is 41.1 Å². The van der Waals surface area contributed by atoms with Crippen molar-refractivity contribution in [1.82, 2.24) is 57.8 Å². The molecule has 0 spiro atoms. The van der Waals surface area contributed by atoms with Gasteiger partial charge in [0.2, 0.25) is 47.3 Å². The number of benzene rings is 2. The van der Waals surface area contributed by atoms with Crippen molar-refractivity contribution < 1.29 is 130 Å². The number of Topliss-reactive ketones (excluding diaryl/α,β-unsaturated/α-hetero) is 1. The Morgan fingerprint density at radius 1 is 0.409 bits per heavy atom. The Hall–Kier alpha value is -12.0. The Balaban J connectivity index is 0.000000411. The van der Waals surface area contributed by atoms with E-state index in [-0.39, 0.29) is 126 Å². The highest BCUT2D eigenvalue weighted by Gasteiger charge is 2.39. The second kappa shape index (κ2) is 57.4. The number of aliphatic carboxylic acids is 1. The molecule has 40 nitrogen and oxygen atoms in total. The molecule has 5 saturated heterocycles. The summed E-state index contributed by atoms with van der Waals surface area (Å²) in [7, 11) is 9.44. The second-order valence-electron chi connectivity index (χ2n) is 35.8. The number of nitrogens with one attached hydrogen (secondary N) is 11. The first-order valence-electron chi connectivity index (χ1n) is 44.6. The van der Waals surface area contributed by atoms with E-state index < -0.39 is 107 Å². The zero-order chi connectivity index (χ0) is 99.6. The minimum absolute atomic E-state index is 0.0145. The third kappa shape index (κ3) is 40.0. The fourth-order valence-electron chi connectivity index (χ4n) is 15.1. The molecule has 9 rings (SSSR count). The third-order valence-corrected chi connectivity index (χ3v) is 21.9. The number of carbonyl (C=O) groups is 17. The summed E-state index contributed by atoms with van der Waals surface area (Å²) in [5.41, 5.74) is 12.8. The number of methoxy groups -OCH3 is 7. The predicted octanol–water partition coefficient (Wildman–Crippen LogP) is 6.21. The first-order valence-corrected chi connectivity index (χ1v) is 44.6. The summed E-state index contributed by atoms with van der Waals surface area (Å²) in [6, 6.07) is 9.43. The third-order valence-electron chi connectivity index (χ3n) is 21.9. The van der Waals surface area contributed by atoms with Crippen LogP contribution in [-0.2, 0) is 95.5 Å². The van der Waals surface area contributed by atoms with E-state index in [2.05, 4.69) is 67.3 Å². The number of carbonyl (C=O) groups excluding carboxylic acids is 15. The lowest BCUT2D eigenvalue weighted by Crippen LogP contribution is -2.50. The molecule has 40 heteroatoms. The van der Waals surface area contributed by atoms with E-state index in [4.69, 9.17) is 50.1 Å². The highest BCUT2D eigenvalue weighted by molar-refractivity contribution is 6.03. The van der Waals surface area contributed by atoms with Crippen LogP contribution in [0, 0.1) is 71.0 Å². The number of ketones is 1. The molecular formula is C92H143N13O27. The van der Waals surface area contributed by atoms with Crippen molar-refractivity contribution in [2.24, 2.45) is 82.5 Å². The fourth-order valence-corrected chi connectivity index (χ4v) is 15.1. The number of aromatic amines is 2. The van der Waals surface area contributed by atoms with E-state index in [1.165, 1.54) is 35.5 Å². The highest BCUT2D eigenvalue weighted by atomic mass is 16.6. The van der Waals surface area contributed by atoms with Crippen LogP contribution in [0.5, 0.6) is 11.5 Å². The van der Waals surface area contributed by atoms with Gasteiger partial charge in [0.1, 0.15) is 53.0 Å². The Morgan fingerprint density at radius 2 is 0.735 bits per heavy atom. The van der Waals surface area contributed by atoms with Crippen LogP contribution in [0.3, 0.4) is 0 Å². The maximum atomic E-state index is 13.2. The largest absolute Gasteiger partial charge is 0.496 e. The number of rotatable bonds is 37. The van der Waals surface area contributed by atoms with Gasteiger partial charge in [-0.1, -0.05) is 81.4 Å². The zero-order valence-corrected chi connectivity index (χ0v) is 79.9. The first kappa shape index (κ1) is 114. The minimum atomic E-state index is -0.969. The predicted molar refractivity (Wildman–Crippen MR) is 487 cm³/mol. The van der Waals surface area contributed by atoms with Gasteiger partial charge in [0.15, 0.2) is 5.78 Å². The van der Waals surface area contributed by atoms with Gasteiger partial charge in [-0.25, -0.2) is 28.8 Å². The van der Waals surface area contributed by atoms with Crippen LogP contribution < -0.4 is 68.8 Å². The number of alkyl carbamates (subject to hydrolysis) is 1. The lowest BCUT2D eigenvalue weighted by molar-refractivity contribution is -0.146. The van der Waals surface area contributed by atoms with Gasteiger partial charge in [-0.2, -0.15) is 0 Å². The first-order chi connectivity index (χ1) is 62.0. The van der Waals surface area contributed by atoms with Gasteiger partial charge in [0.25, 0.3) is 0 Å². The number of ether oxygens (including phenoxy) is 8. The number of fused-ring (bicyclic) bond motifs is 2. The maximum Gasteiger partial charge on any atom is 0.408 e. The Bertz CT molecular complexity index is 4420. The van der Waals surface area contributed by atoms with Gasteiger partial charge in [0.05, 0.1) is 67.4 Å². The summed E-state index contributed by atoms with van der Waals surface area (Å²) >= 11 is 0. The number of hydrogen-bond acceptors (Lipinski definition) is 27. The molecule has 17 N–H and O–H groups in total. The number of aromatic nitrogens is 2. The number of carboxylic acids is 2. The summed E-state index contributed by atoms with van der Waals surface area (Å²) in [5, 5.41) is 42.9. The molecule has 4 aromatic rings. The van der Waals surface area contributed by atoms with Crippen molar-refractivity contribution >= 4 is 123 Å². The van der Waals surface area contributed by atoms with E-state index in [9.17, 15) is 81.5 Å². The summed E-state index contributed by atoms with van der Waals surface area (Å²) in [5.74, 6) is -5.60. The topological polar surface area (TPSA) is 596 Å². The minimum Gasteiger partial charge on any atom is -0.496 e. The van der Waals surface area contributed by atoms with Gasteiger partial charge in [-0.15, -0.1) is 0 Å². The summed E-state index contributed by atoms with van der Waals surface area (Å²) in [4.78, 5) is 205. The lowest BCUT2D eigenvalue weighted by atomic mass is 9.90. The average Bonchev–Trinajstić information content (AvgIpc) is 1.67. The molecule has 5 aliphatic heterocycles. The van der Waals surface area contributed by atoms with E-state index in [0.29, 0.717) is 113 Å². The van der Waals surface area contributed by atoms with Crippen LogP contribution in [0.25, 0.3) is 21.8 Å². The summed E-state index contributed by atoms with van der Waals surface area (Å²) < 4.78 is 39.0. The van der Waals surface area contributed by atoms with Crippen molar-refractivity contribution in [2.45, 2.75) is 228 Å². The maximum absolute atomic E-state index is 13.2. The SMILES string of the molecule is CC(C)C[C@H](C)C(=O)O.COC(=O)[C@@H](N)C[C@@H]1CCNC1=O.COC(=O)[C@H](C[C@@H]1CCNC1=O)NC(=O)OC(C)(C)C.COC(=O)[C@H](C[C@@H]1CCNC1=O)NC(=O)[C@@H](C)CC(C)C.COC(=O)[C@H](C[C@@H]1CCNC1=O)NC(=O)[C@@H](CC(=O)c1cc2c(OC)cccc2[nH]1)CC(C)C.COC(=O)[C@H](C[C@@H]1CCNC1=O)NC(=O)[C@@H](N)CC(C)C.COc1cccc2[nH]c(C(=O)O)cc12. The quantitative estimate of drug-likeness (QED) is 0.0135. The number of hydrogen-bond donors (Lipinski definition) is 15. The zero-order valence-electron chi connectivity index (χ0n) is 79.9. The molecule has 0 radical (unpaired) electrons. The van der Waals surface area contributed by atoms with Crippen LogP contribution >= 0.6 is 0 Å². The van der Waals surface area contributed by atoms with Gasteiger partial charge >= 0.3 is 47.9 Å². The molecule has 0 bridgehead atoms. The van der Waals surface area contributed by atoms with Gasteiger partial charge in [-0.05, 0) is 171 Å². The van der Waals surface area contributed by atoms with Crippen molar-refractivity contribution in [1.29, 1.82) is 0 Å². The molecule has 0 unspecified atom stereocenters. The molecule has 14 atom stereocenters. The summed E-state index contributed by atoms with van der Waals surface area (Å²) in [6.45, 7) is 27.8. The molecule has 9 amide bonds. The van der Waals surface area contributed by atoms with E-state index in [1.54, 1.807) is 60.1 Å². The molecule has 5 aliphatic rings. The van der Waals surface area contributed by atoms with Crippen molar-refractivity contribution in [3.05, 3.63) is 59.9 Å². The van der Waals surface area contributed by atoms with Crippen LogP contribution in [-0.4, -0.2) is 245 Å². The Labute approximate surface area is 771 Å². The summed E-state index contributed by atoms with van der Waals surface area (Å²) in [6.07, 6.45) is 6.40. The molecule has 0 saturated carbocycles. The number of H-pyrrole nitrogens is 2.